The first-order valence-electron chi connectivity index (χ1n) is 10.1. The second kappa shape index (κ2) is 8.77. The first kappa shape index (κ1) is 23.2. The van der Waals surface area contributed by atoms with E-state index in [1.165, 1.54) is 35.7 Å². The third-order valence-electron chi connectivity index (χ3n) is 5.57. The molecule has 0 saturated heterocycles. The SMILES string of the molecule is COc1ccc(S(=O)(=O)N2CCc3ccc(NS(=O)(=O)c4cc(F)ccc4C)cc3C2)cc1. The van der Waals surface area contributed by atoms with Gasteiger partial charge in [-0.25, -0.2) is 21.2 Å². The zero-order chi connectivity index (χ0) is 23.8. The molecular formula is C23H23FN2O5S2. The quantitative estimate of drug-likeness (QED) is 0.569. The molecule has 1 heterocycles. The van der Waals surface area contributed by atoms with Gasteiger partial charge in [-0.3, -0.25) is 4.72 Å². The van der Waals surface area contributed by atoms with Gasteiger partial charge in [-0.2, -0.15) is 4.31 Å². The molecule has 33 heavy (non-hydrogen) atoms. The van der Waals surface area contributed by atoms with Gasteiger partial charge in [0.15, 0.2) is 0 Å². The van der Waals surface area contributed by atoms with Gasteiger partial charge in [0, 0.05) is 18.8 Å². The highest BCUT2D eigenvalue weighted by molar-refractivity contribution is 7.92. The molecule has 10 heteroatoms. The van der Waals surface area contributed by atoms with E-state index in [4.69, 9.17) is 4.74 Å². The normalized spacial score (nSPS) is 14.5. The number of benzene rings is 3. The molecule has 0 aliphatic carbocycles. The molecule has 1 aliphatic heterocycles. The summed E-state index contributed by atoms with van der Waals surface area (Å²) in [6, 6.07) is 14.8. The lowest BCUT2D eigenvalue weighted by molar-refractivity contribution is 0.391. The van der Waals surface area contributed by atoms with Crippen molar-refractivity contribution in [1.82, 2.24) is 4.31 Å². The molecule has 0 bridgehead atoms. The van der Waals surface area contributed by atoms with Crippen LogP contribution < -0.4 is 9.46 Å². The lowest BCUT2D eigenvalue weighted by Gasteiger charge is -2.28. The third-order valence-corrected chi connectivity index (χ3v) is 8.96. The van der Waals surface area contributed by atoms with E-state index < -0.39 is 25.9 Å². The number of hydrogen-bond acceptors (Lipinski definition) is 5. The Labute approximate surface area is 192 Å². The number of fused-ring (bicyclic) bond motifs is 1. The average molecular weight is 491 g/mol. The third kappa shape index (κ3) is 4.73. The van der Waals surface area contributed by atoms with Gasteiger partial charge in [0.1, 0.15) is 11.6 Å². The highest BCUT2D eigenvalue weighted by atomic mass is 32.2. The van der Waals surface area contributed by atoms with Crippen LogP contribution in [-0.4, -0.2) is 34.8 Å². The van der Waals surface area contributed by atoms with Gasteiger partial charge in [0.25, 0.3) is 10.0 Å². The highest BCUT2D eigenvalue weighted by Crippen LogP contribution is 2.29. The highest BCUT2D eigenvalue weighted by Gasteiger charge is 2.29. The summed E-state index contributed by atoms with van der Waals surface area (Å²) in [5, 5.41) is 0. The van der Waals surface area contributed by atoms with E-state index in [2.05, 4.69) is 4.72 Å². The maximum atomic E-state index is 13.6. The fourth-order valence-corrected chi connectivity index (χ4v) is 6.50. The second-order valence-electron chi connectivity index (χ2n) is 7.76. The Morgan fingerprint density at radius 2 is 1.67 bits per heavy atom. The number of nitrogens with one attached hydrogen (secondary N) is 1. The van der Waals surface area contributed by atoms with Crippen molar-refractivity contribution in [1.29, 1.82) is 0 Å². The Kier molecular flexibility index (Phi) is 6.17. The first-order chi connectivity index (χ1) is 15.6. The standard InChI is InChI=1S/C23H23FN2O5S2/c1-16-3-5-19(24)14-23(16)32(27,28)25-20-6-4-17-11-12-26(15-18(17)13-20)33(29,30)22-9-7-21(31-2)8-10-22/h3-10,13-14,25H,11-12,15H2,1-2H3. The molecule has 0 aromatic heterocycles. The lowest BCUT2D eigenvalue weighted by atomic mass is 10.0. The van der Waals surface area contributed by atoms with Crippen molar-refractivity contribution in [2.75, 3.05) is 18.4 Å². The van der Waals surface area contributed by atoms with Crippen molar-refractivity contribution < 1.29 is 26.0 Å². The fourth-order valence-electron chi connectivity index (χ4n) is 3.77. The number of methoxy groups -OCH3 is 1. The van der Waals surface area contributed by atoms with E-state index in [-0.39, 0.29) is 22.0 Å². The van der Waals surface area contributed by atoms with E-state index >= 15 is 0 Å². The summed E-state index contributed by atoms with van der Waals surface area (Å²) in [5.41, 5.74) is 2.34. The largest absolute Gasteiger partial charge is 0.497 e. The van der Waals surface area contributed by atoms with Crippen LogP contribution in [0.1, 0.15) is 16.7 Å². The molecule has 0 radical (unpaired) electrons. The predicted molar refractivity (Wildman–Crippen MR) is 123 cm³/mol. The van der Waals surface area contributed by atoms with Crippen LogP contribution in [0, 0.1) is 12.7 Å². The van der Waals surface area contributed by atoms with E-state index in [1.54, 1.807) is 37.3 Å². The minimum absolute atomic E-state index is 0.109. The molecule has 0 spiro atoms. The Balaban J connectivity index is 1.59. The summed E-state index contributed by atoms with van der Waals surface area (Å²) >= 11 is 0. The van der Waals surface area contributed by atoms with Gasteiger partial charge in [-0.1, -0.05) is 12.1 Å². The monoisotopic (exact) mass is 490 g/mol. The molecule has 174 valence electrons. The van der Waals surface area contributed by atoms with E-state index in [0.717, 1.165) is 11.6 Å². The Bertz CT molecular complexity index is 1410. The molecule has 4 rings (SSSR count). The second-order valence-corrected chi connectivity index (χ2v) is 11.4. The molecule has 1 N–H and O–H groups in total. The minimum Gasteiger partial charge on any atom is -0.497 e. The molecule has 0 atom stereocenters. The molecule has 7 nitrogen and oxygen atoms in total. The number of hydrogen-bond donors (Lipinski definition) is 1. The summed E-state index contributed by atoms with van der Waals surface area (Å²) in [6.07, 6.45) is 0.501. The molecule has 3 aromatic carbocycles. The smallest absolute Gasteiger partial charge is 0.262 e. The molecule has 0 unspecified atom stereocenters. The average Bonchev–Trinajstić information content (AvgIpc) is 2.79. The van der Waals surface area contributed by atoms with E-state index in [1.807, 2.05) is 0 Å². The number of aryl methyl sites for hydroxylation is 1. The summed E-state index contributed by atoms with van der Waals surface area (Å²) in [6.45, 7) is 2.01. The van der Waals surface area contributed by atoms with Crippen LogP contribution >= 0.6 is 0 Å². The van der Waals surface area contributed by atoms with E-state index in [0.29, 0.717) is 29.8 Å². The van der Waals surface area contributed by atoms with Crippen molar-refractivity contribution in [3.05, 3.63) is 83.2 Å². The first-order valence-corrected chi connectivity index (χ1v) is 13.1. The van der Waals surface area contributed by atoms with Crippen molar-refractivity contribution in [3.8, 4) is 5.75 Å². The van der Waals surface area contributed by atoms with Gasteiger partial charge in [0.05, 0.1) is 16.9 Å². The number of ether oxygens (including phenoxy) is 1. The zero-order valence-corrected chi connectivity index (χ0v) is 19.7. The molecular weight excluding hydrogens is 467 g/mol. The van der Waals surface area contributed by atoms with Gasteiger partial charge < -0.3 is 4.74 Å². The predicted octanol–water partition coefficient (Wildman–Crippen LogP) is 3.69. The number of sulfonamides is 2. The fraction of sp³-hybridized carbons (Fsp3) is 0.217. The maximum Gasteiger partial charge on any atom is 0.262 e. The molecule has 0 fully saturated rings. The Morgan fingerprint density at radius 3 is 2.36 bits per heavy atom. The van der Waals surface area contributed by atoms with Gasteiger partial charge >= 0.3 is 0 Å². The van der Waals surface area contributed by atoms with Crippen molar-refractivity contribution >= 4 is 25.7 Å². The van der Waals surface area contributed by atoms with Crippen LogP contribution in [0.2, 0.25) is 0 Å². The van der Waals surface area contributed by atoms with Crippen LogP contribution in [0.4, 0.5) is 10.1 Å². The maximum absolute atomic E-state index is 13.6. The summed E-state index contributed by atoms with van der Waals surface area (Å²) < 4.78 is 74.4. The van der Waals surface area contributed by atoms with Crippen molar-refractivity contribution in [2.24, 2.45) is 0 Å². The number of anilines is 1. The van der Waals surface area contributed by atoms with Crippen LogP contribution in [0.5, 0.6) is 5.75 Å². The molecule has 1 aliphatic rings. The van der Waals surface area contributed by atoms with Gasteiger partial charge in [-0.15, -0.1) is 0 Å². The number of halogens is 1. The minimum atomic E-state index is -4.02. The Hall–Kier alpha value is -2.95. The van der Waals surface area contributed by atoms with Crippen LogP contribution in [0.3, 0.4) is 0 Å². The number of nitrogens with zero attached hydrogens (tertiary/aromatic N) is 1. The van der Waals surface area contributed by atoms with E-state index in [9.17, 15) is 21.2 Å². The summed E-state index contributed by atoms with van der Waals surface area (Å²) in [4.78, 5) is 0.00844. The van der Waals surface area contributed by atoms with Gasteiger partial charge in [-0.05, 0) is 78.6 Å². The molecule has 0 amide bonds. The molecule has 3 aromatic rings. The summed E-state index contributed by atoms with van der Waals surface area (Å²) in [7, 11) is -6.25. The van der Waals surface area contributed by atoms with Gasteiger partial charge in [0.2, 0.25) is 10.0 Å². The van der Waals surface area contributed by atoms with Crippen molar-refractivity contribution in [3.63, 3.8) is 0 Å². The lowest BCUT2D eigenvalue weighted by Crippen LogP contribution is -2.36. The molecule has 0 saturated carbocycles. The zero-order valence-electron chi connectivity index (χ0n) is 18.1. The van der Waals surface area contributed by atoms with Crippen LogP contribution in [0.25, 0.3) is 0 Å². The summed E-state index contributed by atoms with van der Waals surface area (Å²) in [5.74, 6) is -0.0887. The van der Waals surface area contributed by atoms with Crippen molar-refractivity contribution in [2.45, 2.75) is 29.7 Å². The Morgan fingerprint density at radius 1 is 0.939 bits per heavy atom. The number of rotatable bonds is 6. The topological polar surface area (TPSA) is 92.8 Å². The van der Waals surface area contributed by atoms with Crippen LogP contribution in [0.15, 0.2) is 70.5 Å². The van der Waals surface area contributed by atoms with Crippen LogP contribution in [-0.2, 0) is 33.0 Å².